The Hall–Kier alpha value is -5.90. The average molecular weight is 627 g/mol. The molecule has 1 aliphatic rings. The number of likely N-dealkylation sites (tertiary alicyclic amines) is 1. The summed E-state index contributed by atoms with van der Waals surface area (Å²) in [5, 5.41) is 4.35. The number of hydrogen-bond acceptors (Lipinski definition) is 5. The van der Waals surface area contributed by atoms with Gasteiger partial charge >= 0.3 is 18.0 Å². The first-order valence-corrected chi connectivity index (χ1v) is 14.1. The topological polar surface area (TPSA) is 95.7 Å². The predicted octanol–water partition coefficient (Wildman–Crippen LogP) is 5.92. The number of alkyl halides is 3. The second-order valence-corrected chi connectivity index (χ2v) is 10.7. The van der Waals surface area contributed by atoms with Crippen LogP contribution in [0.1, 0.15) is 22.9 Å². The lowest BCUT2D eigenvalue weighted by atomic mass is 10.1. The maximum atomic E-state index is 14.2. The first-order chi connectivity index (χ1) is 22.1. The molecule has 5 aromatic rings. The molecule has 3 aromatic carbocycles. The molecule has 0 unspecified atom stereocenters. The summed E-state index contributed by atoms with van der Waals surface area (Å²) in [5.41, 5.74) is -0.459. The molecule has 0 spiro atoms. The van der Waals surface area contributed by atoms with Gasteiger partial charge in [-0.2, -0.15) is 18.3 Å². The van der Waals surface area contributed by atoms with Crippen LogP contribution in [0.4, 0.5) is 23.7 Å². The lowest BCUT2D eigenvalue weighted by Gasteiger charge is -2.39. The minimum atomic E-state index is -4.67. The number of halogens is 3. The van der Waals surface area contributed by atoms with E-state index in [1.807, 2.05) is 18.2 Å². The molecular formula is C33H25F3N6O4. The molecule has 0 N–H and O–H groups in total. The standard InChI is InChI=1S/C33H25F3N6O4/c1-21-29(28-15-16-38-42(28)25-13-11-24(37-2)12-14-25)30(43)41(31(44)40(21)26-10-6-9-23(17-26)33(34,35)36)27-18-39(19-27)32(45)46-20-22-7-4-3-5-8-22/h3-17,27H,18-20H2,1H3. The van der Waals surface area contributed by atoms with Crippen LogP contribution in [0, 0.1) is 13.5 Å². The molecule has 1 saturated heterocycles. The van der Waals surface area contributed by atoms with Gasteiger partial charge in [-0.05, 0) is 48.9 Å². The molecule has 0 aliphatic carbocycles. The molecule has 0 saturated carbocycles. The van der Waals surface area contributed by atoms with Crippen molar-refractivity contribution in [3.8, 4) is 22.6 Å². The van der Waals surface area contributed by atoms with Gasteiger partial charge in [-0.25, -0.2) is 19.1 Å². The summed E-state index contributed by atoms with van der Waals surface area (Å²) < 4.78 is 49.9. The van der Waals surface area contributed by atoms with Crippen molar-refractivity contribution < 1.29 is 22.7 Å². The third-order valence-electron chi connectivity index (χ3n) is 7.77. The van der Waals surface area contributed by atoms with Gasteiger partial charge in [0.05, 0.1) is 47.0 Å². The van der Waals surface area contributed by atoms with Gasteiger partial charge < -0.3 is 9.64 Å². The summed E-state index contributed by atoms with van der Waals surface area (Å²) >= 11 is 0. The highest BCUT2D eigenvalue weighted by molar-refractivity contribution is 5.69. The van der Waals surface area contributed by atoms with Gasteiger partial charge in [0.2, 0.25) is 0 Å². The van der Waals surface area contributed by atoms with E-state index in [0.29, 0.717) is 11.4 Å². The van der Waals surface area contributed by atoms with Crippen molar-refractivity contribution in [1.82, 2.24) is 23.8 Å². The lowest BCUT2D eigenvalue weighted by Crippen LogP contribution is -2.57. The third-order valence-corrected chi connectivity index (χ3v) is 7.77. The quantitative estimate of drug-likeness (QED) is 0.218. The van der Waals surface area contributed by atoms with Gasteiger partial charge in [-0.1, -0.05) is 48.5 Å². The molecule has 13 heteroatoms. The maximum Gasteiger partial charge on any atom is 0.416 e. The summed E-state index contributed by atoms with van der Waals surface area (Å²) in [4.78, 5) is 45.6. The van der Waals surface area contributed by atoms with Crippen molar-refractivity contribution >= 4 is 11.8 Å². The van der Waals surface area contributed by atoms with E-state index in [1.54, 1.807) is 42.5 Å². The van der Waals surface area contributed by atoms with Crippen LogP contribution in [0.15, 0.2) is 101 Å². The zero-order valence-corrected chi connectivity index (χ0v) is 24.3. The van der Waals surface area contributed by atoms with Crippen molar-refractivity contribution in [2.75, 3.05) is 13.1 Å². The van der Waals surface area contributed by atoms with Gasteiger partial charge in [0.25, 0.3) is 5.56 Å². The SMILES string of the molecule is [C-]#[N+]c1ccc(-n2nccc2-c2c(C)n(-c3cccc(C(F)(F)F)c3)c(=O)n(C3CN(C(=O)OCc4ccccc4)C3)c2=O)cc1. The Balaban J connectivity index is 1.43. The Morgan fingerprint density at radius 3 is 2.37 bits per heavy atom. The zero-order chi connectivity index (χ0) is 32.6. The van der Waals surface area contributed by atoms with E-state index in [0.717, 1.165) is 26.8 Å². The fourth-order valence-electron chi connectivity index (χ4n) is 5.41. The summed E-state index contributed by atoms with van der Waals surface area (Å²) in [6, 6.07) is 20.6. The summed E-state index contributed by atoms with van der Waals surface area (Å²) in [6.07, 6.45) is -3.84. The van der Waals surface area contributed by atoms with Crippen LogP contribution < -0.4 is 11.2 Å². The smallest absolute Gasteiger partial charge is 0.416 e. The summed E-state index contributed by atoms with van der Waals surface area (Å²) in [7, 11) is 0. The summed E-state index contributed by atoms with van der Waals surface area (Å²) in [5.74, 6) is 0. The largest absolute Gasteiger partial charge is 0.445 e. The third kappa shape index (κ3) is 5.56. The van der Waals surface area contributed by atoms with Crippen molar-refractivity contribution in [3.63, 3.8) is 0 Å². The normalized spacial score (nSPS) is 13.2. The van der Waals surface area contributed by atoms with E-state index in [1.165, 1.54) is 34.8 Å². The molecule has 232 valence electrons. The Morgan fingerprint density at radius 2 is 1.70 bits per heavy atom. The number of benzene rings is 3. The molecule has 0 radical (unpaired) electrons. The Bertz CT molecular complexity index is 2090. The number of amides is 1. The van der Waals surface area contributed by atoms with Crippen molar-refractivity contribution in [2.45, 2.75) is 25.7 Å². The Kier molecular flexibility index (Phi) is 7.79. The molecule has 1 amide bonds. The molecule has 0 atom stereocenters. The second kappa shape index (κ2) is 11.9. The van der Waals surface area contributed by atoms with Crippen molar-refractivity contribution in [1.29, 1.82) is 0 Å². The molecule has 10 nitrogen and oxygen atoms in total. The Morgan fingerprint density at radius 1 is 0.978 bits per heavy atom. The monoisotopic (exact) mass is 626 g/mol. The van der Waals surface area contributed by atoms with E-state index in [-0.39, 0.29) is 42.3 Å². The van der Waals surface area contributed by atoms with Crippen molar-refractivity contribution in [2.24, 2.45) is 0 Å². The number of aromatic nitrogens is 4. The fraction of sp³-hybridized carbons (Fsp3) is 0.182. The highest BCUT2D eigenvalue weighted by Crippen LogP contribution is 2.32. The maximum absolute atomic E-state index is 14.2. The van der Waals surface area contributed by atoms with Gasteiger partial charge in [0.1, 0.15) is 6.61 Å². The van der Waals surface area contributed by atoms with E-state index >= 15 is 0 Å². The molecule has 1 aliphatic heterocycles. The molecule has 6 rings (SSSR count). The van der Waals surface area contributed by atoms with Crippen LogP contribution in [-0.2, 0) is 17.5 Å². The number of rotatable bonds is 6. The molecule has 3 heterocycles. The van der Waals surface area contributed by atoms with Gasteiger partial charge in [-0.3, -0.25) is 13.9 Å². The number of carbonyl (C=O) groups excluding carboxylic acids is 1. The number of nitrogens with zero attached hydrogens (tertiary/aromatic N) is 6. The van der Waals surface area contributed by atoms with Crippen LogP contribution >= 0.6 is 0 Å². The van der Waals surface area contributed by atoms with Crippen LogP contribution in [-0.4, -0.2) is 43.0 Å². The fourth-order valence-corrected chi connectivity index (χ4v) is 5.41. The van der Waals surface area contributed by atoms with E-state index in [4.69, 9.17) is 11.3 Å². The highest BCUT2D eigenvalue weighted by Gasteiger charge is 2.37. The average Bonchev–Trinajstić information content (AvgIpc) is 3.50. The summed E-state index contributed by atoms with van der Waals surface area (Å²) in [6.45, 7) is 8.69. The van der Waals surface area contributed by atoms with E-state index in [2.05, 4.69) is 9.94 Å². The van der Waals surface area contributed by atoms with Crippen molar-refractivity contribution in [3.05, 3.63) is 140 Å². The first-order valence-electron chi connectivity index (χ1n) is 14.1. The minimum Gasteiger partial charge on any atom is -0.445 e. The van der Waals surface area contributed by atoms with Crippen LogP contribution in [0.5, 0.6) is 0 Å². The molecule has 1 fully saturated rings. The second-order valence-electron chi connectivity index (χ2n) is 10.7. The van der Waals surface area contributed by atoms with Crippen LogP contribution in [0.2, 0.25) is 0 Å². The Labute approximate surface area is 259 Å². The van der Waals surface area contributed by atoms with Gasteiger partial charge in [0, 0.05) is 18.8 Å². The number of ether oxygens (including phenoxy) is 1. The first kappa shape index (κ1) is 30.1. The minimum absolute atomic E-state index is 0.0226. The zero-order valence-electron chi connectivity index (χ0n) is 24.3. The lowest BCUT2D eigenvalue weighted by molar-refractivity contribution is -0.137. The van der Waals surface area contributed by atoms with Crippen LogP contribution in [0.25, 0.3) is 27.5 Å². The van der Waals surface area contributed by atoms with Gasteiger partial charge in [-0.15, -0.1) is 0 Å². The van der Waals surface area contributed by atoms with Crippen LogP contribution in [0.3, 0.4) is 0 Å². The number of carbonyl (C=O) groups is 1. The highest BCUT2D eigenvalue weighted by atomic mass is 19.4. The number of hydrogen-bond donors (Lipinski definition) is 0. The van der Waals surface area contributed by atoms with E-state index in [9.17, 15) is 27.6 Å². The molecule has 46 heavy (non-hydrogen) atoms. The van der Waals surface area contributed by atoms with Gasteiger partial charge in [0.15, 0.2) is 5.69 Å². The molecule has 0 bridgehead atoms. The molecular weight excluding hydrogens is 601 g/mol. The predicted molar refractivity (Wildman–Crippen MR) is 162 cm³/mol. The molecule has 2 aromatic heterocycles. The van der Waals surface area contributed by atoms with E-state index < -0.39 is 35.1 Å².